The number of aryl methyl sites for hydroxylation is 1. The fourth-order valence-corrected chi connectivity index (χ4v) is 2.10. The second kappa shape index (κ2) is 5.28. The Labute approximate surface area is 105 Å². The fourth-order valence-electron chi connectivity index (χ4n) is 1.26. The van der Waals surface area contributed by atoms with Crippen molar-refractivity contribution in [1.29, 1.82) is 0 Å². The molecule has 0 aliphatic heterocycles. The van der Waals surface area contributed by atoms with E-state index in [0.29, 0.717) is 0 Å². The van der Waals surface area contributed by atoms with Crippen molar-refractivity contribution in [3.05, 3.63) is 59.1 Å². The Morgan fingerprint density at radius 2 is 1.81 bits per heavy atom. The average Bonchev–Trinajstić information content (AvgIpc) is 2.32. The Hall–Kier alpha value is -1.12. The van der Waals surface area contributed by atoms with Crippen molar-refractivity contribution < 1.29 is 0 Å². The molecule has 2 rings (SSSR count). The van der Waals surface area contributed by atoms with Gasteiger partial charge in [0.25, 0.3) is 0 Å². The van der Waals surface area contributed by atoms with Crippen LogP contribution in [0.4, 0.5) is 5.69 Å². The number of rotatable bonds is 3. The Bertz CT molecular complexity index is 471. The highest BCUT2D eigenvalue weighted by Crippen LogP contribution is 2.24. The van der Waals surface area contributed by atoms with E-state index in [1.54, 1.807) is 11.9 Å². The van der Waals surface area contributed by atoms with Crippen molar-refractivity contribution in [3.63, 3.8) is 0 Å². The lowest BCUT2D eigenvalue weighted by atomic mass is 10.2. The molecule has 0 fully saturated rings. The second-order valence-corrected chi connectivity index (χ2v) is 4.77. The maximum absolute atomic E-state index is 6.05. The average molecular weight is 250 g/mol. The molecule has 1 N–H and O–H groups in total. The van der Waals surface area contributed by atoms with Crippen LogP contribution in [0.1, 0.15) is 5.56 Å². The highest BCUT2D eigenvalue weighted by Gasteiger charge is 1.98. The molecule has 0 saturated carbocycles. The van der Waals surface area contributed by atoms with Gasteiger partial charge in [-0.2, -0.15) is 0 Å². The fraction of sp³-hybridized carbons (Fsp3) is 0.0769. The van der Waals surface area contributed by atoms with Gasteiger partial charge in [-0.05, 0) is 48.7 Å². The molecule has 0 aromatic heterocycles. The molecule has 3 heteroatoms. The minimum atomic E-state index is 0.790. The van der Waals surface area contributed by atoms with Gasteiger partial charge in [0.15, 0.2) is 0 Å². The summed E-state index contributed by atoms with van der Waals surface area (Å²) < 4.78 is 3.26. The van der Waals surface area contributed by atoms with Gasteiger partial charge in [-0.15, -0.1) is 0 Å². The van der Waals surface area contributed by atoms with Gasteiger partial charge in [0.1, 0.15) is 0 Å². The molecule has 0 radical (unpaired) electrons. The molecule has 0 aliphatic carbocycles. The van der Waals surface area contributed by atoms with E-state index in [1.807, 2.05) is 43.3 Å². The molecule has 0 heterocycles. The van der Waals surface area contributed by atoms with Crippen LogP contribution in [0.25, 0.3) is 0 Å². The van der Waals surface area contributed by atoms with Crippen LogP contribution < -0.4 is 4.72 Å². The lowest BCUT2D eigenvalue weighted by Crippen LogP contribution is -1.87. The van der Waals surface area contributed by atoms with E-state index in [4.69, 9.17) is 11.6 Å². The molecule has 82 valence electrons. The van der Waals surface area contributed by atoms with Crippen LogP contribution in [0, 0.1) is 6.92 Å². The van der Waals surface area contributed by atoms with Gasteiger partial charge in [0.2, 0.25) is 0 Å². The first kappa shape index (κ1) is 11.4. The van der Waals surface area contributed by atoms with Crippen molar-refractivity contribution >= 4 is 29.2 Å². The van der Waals surface area contributed by atoms with E-state index >= 15 is 0 Å². The molecule has 0 atom stereocenters. The first-order valence-corrected chi connectivity index (χ1v) is 6.19. The maximum Gasteiger partial charge on any atom is 0.0458 e. The number of hydrogen-bond donors (Lipinski definition) is 1. The lowest BCUT2D eigenvalue weighted by molar-refractivity contribution is 1.45. The monoisotopic (exact) mass is 249 g/mol. The number of anilines is 1. The number of benzene rings is 2. The molecule has 16 heavy (non-hydrogen) atoms. The van der Waals surface area contributed by atoms with Crippen molar-refractivity contribution in [2.45, 2.75) is 11.8 Å². The van der Waals surface area contributed by atoms with Crippen molar-refractivity contribution in [1.82, 2.24) is 0 Å². The standard InChI is InChI=1S/C13H12ClNS/c1-10-7-8-11(9-13(10)14)15-16-12-5-3-2-4-6-12/h2-9,15H,1H3. The predicted molar refractivity (Wildman–Crippen MR) is 72.1 cm³/mol. The largest absolute Gasteiger partial charge is 0.326 e. The topological polar surface area (TPSA) is 12.0 Å². The molecule has 1 nitrogen and oxygen atoms in total. The van der Waals surface area contributed by atoms with Gasteiger partial charge in [0, 0.05) is 15.6 Å². The van der Waals surface area contributed by atoms with Crippen molar-refractivity contribution in [2.75, 3.05) is 4.72 Å². The summed E-state index contributed by atoms with van der Waals surface area (Å²) in [4.78, 5) is 1.18. The smallest absolute Gasteiger partial charge is 0.0458 e. The Morgan fingerprint density at radius 3 is 2.50 bits per heavy atom. The summed E-state index contributed by atoms with van der Waals surface area (Å²) in [6, 6.07) is 16.1. The summed E-state index contributed by atoms with van der Waals surface area (Å²) in [5.74, 6) is 0. The van der Waals surface area contributed by atoms with Gasteiger partial charge >= 0.3 is 0 Å². The van der Waals surface area contributed by atoms with Gasteiger partial charge in [-0.25, -0.2) is 0 Å². The first-order chi connectivity index (χ1) is 7.75. The minimum absolute atomic E-state index is 0.790. The minimum Gasteiger partial charge on any atom is -0.326 e. The van der Waals surface area contributed by atoms with Gasteiger partial charge < -0.3 is 4.72 Å². The quantitative estimate of drug-likeness (QED) is 0.787. The molecule has 0 bridgehead atoms. The molecule has 2 aromatic carbocycles. The zero-order valence-electron chi connectivity index (χ0n) is 8.91. The van der Waals surface area contributed by atoms with Crippen molar-refractivity contribution in [3.8, 4) is 0 Å². The second-order valence-electron chi connectivity index (χ2n) is 3.48. The summed E-state index contributed by atoms with van der Waals surface area (Å²) >= 11 is 7.63. The third kappa shape index (κ3) is 2.94. The summed E-state index contributed by atoms with van der Waals surface area (Å²) in [6.45, 7) is 2.00. The van der Waals surface area contributed by atoms with Gasteiger partial charge in [-0.3, -0.25) is 0 Å². The van der Waals surface area contributed by atoms with E-state index in [2.05, 4.69) is 16.9 Å². The summed E-state index contributed by atoms with van der Waals surface area (Å²) in [5, 5.41) is 0.790. The van der Waals surface area contributed by atoms with Crippen LogP contribution in [0.15, 0.2) is 53.4 Å². The van der Waals surface area contributed by atoms with Crippen molar-refractivity contribution in [2.24, 2.45) is 0 Å². The molecule has 0 amide bonds. The summed E-state index contributed by atoms with van der Waals surface area (Å²) in [5.41, 5.74) is 2.11. The number of nitrogens with one attached hydrogen (secondary N) is 1. The first-order valence-electron chi connectivity index (χ1n) is 5.00. The Balaban J connectivity index is 2.03. The Morgan fingerprint density at radius 1 is 1.06 bits per heavy atom. The SMILES string of the molecule is Cc1ccc(NSc2ccccc2)cc1Cl. The van der Waals surface area contributed by atoms with Crippen LogP contribution in [0.3, 0.4) is 0 Å². The highest BCUT2D eigenvalue weighted by molar-refractivity contribution is 8.00. The van der Waals surface area contributed by atoms with Gasteiger partial charge in [0.05, 0.1) is 0 Å². The van der Waals surface area contributed by atoms with E-state index in [1.165, 1.54) is 4.90 Å². The number of halogens is 1. The highest BCUT2D eigenvalue weighted by atomic mass is 35.5. The normalized spacial score (nSPS) is 10.1. The zero-order valence-corrected chi connectivity index (χ0v) is 10.5. The molecular formula is C13H12ClNS. The van der Waals surface area contributed by atoms with Crippen LogP contribution >= 0.6 is 23.5 Å². The zero-order chi connectivity index (χ0) is 11.4. The van der Waals surface area contributed by atoms with E-state index < -0.39 is 0 Å². The Kier molecular flexibility index (Phi) is 3.75. The van der Waals surface area contributed by atoms with Crippen LogP contribution in [-0.4, -0.2) is 0 Å². The molecule has 0 aliphatic rings. The summed E-state index contributed by atoms with van der Waals surface area (Å²) in [7, 11) is 0. The molecule has 0 unspecified atom stereocenters. The third-order valence-corrected chi connectivity index (χ3v) is 3.45. The van der Waals surface area contributed by atoms with E-state index in [9.17, 15) is 0 Å². The predicted octanol–water partition coefficient (Wildman–Crippen LogP) is 4.77. The third-order valence-electron chi connectivity index (χ3n) is 2.20. The van der Waals surface area contributed by atoms with Crippen LogP contribution in [-0.2, 0) is 0 Å². The van der Waals surface area contributed by atoms with Gasteiger partial charge in [-0.1, -0.05) is 35.9 Å². The molecule has 2 aromatic rings. The van der Waals surface area contributed by atoms with E-state index in [0.717, 1.165) is 16.3 Å². The molecular weight excluding hydrogens is 238 g/mol. The molecule has 0 spiro atoms. The van der Waals surface area contributed by atoms with Crippen LogP contribution in [0.2, 0.25) is 5.02 Å². The molecule has 0 saturated heterocycles. The summed E-state index contributed by atoms with van der Waals surface area (Å²) in [6.07, 6.45) is 0. The lowest BCUT2D eigenvalue weighted by Gasteiger charge is -2.06. The van der Waals surface area contributed by atoms with Crippen LogP contribution in [0.5, 0.6) is 0 Å². The maximum atomic E-state index is 6.05. The number of hydrogen-bond acceptors (Lipinski definition) is 2. The van der Waals surface area contributed by atoms with E-state index in [-0.39, 0.29) is 0 Å².